The molecule has 136 valence electrons. The van der Waals surface area contributed by atoms with Gasteiger partial charge in [-0.3, -0.25) is 9.59 Å². The molecule has 1 saturated heterocycles. The fourth-order valence-corrected chi connectivity index (χ4v) is 3.37. The minimum absolute atomic E-state index is 0.0583. The van der Waals surface area contributed by atoms with Crippen LogP contribution in [-0.4, -0.2) is 39.6 Å². The summed E-state index contributed by atoms with van der Waals surface area (Å²) in [5.74, 6) is -0.379. The number of carbonyl (C=O) groups is 2. The number of likely N-dealkylation sites (tertiary alicyclic amines) is 1. The van der Waals surface area contributed by atoms with E-state index in [2.05, 4.69) is 17.0 Å². The van der Waals surface area contributed by atoms with E-state index in [4.69, 9.17) is 0 Å². The summed E-state index contributed by atoms with van der Waals surface area (Å²) in [5.41, 5.74) is 3.62. The van der Waals surface area contributed by atoms with Crippen molar-refractivity contribution in [3.05, 3.63) is 54.4 Å². The lowest BCUT2D eigenvalue weighted by Crippen LogP contribution is -2.43. The van der Waals surface area contributed by atoms with Gasteiger partial charge in [-0.25, -0.2) is 4.68 Å². The highest BCUT2D eigenvalue weighted by Gasteiger charge is 2.27. The van der Waals surface area contributed by atoms with Crippen molar-refractivity contribution in [1.82, 2.24) is 14.7 Å². The lowest BCUT2D eigenvalue weighted by Gasteiger charge is -2.31. The second-order valence-electron chi connectivity index (χ2n) is 6.71. The first-order chi connectivity index (χ1) is 12.5. The van der Waals surface area contributed by atoms with Gasteiger partial charge in [0.25, 0.3) is 0 Å². The SMILES string of the molecule is C=CC(=O)N1CCCC(C(=O)Nc2cccc(-n3nc(C)cc3C)c2)C1. The number of rotatable bonds is 4. The van der Waals surface area contributed by atoms with Gasteiger partial charge in [0.15, 0.2) is 0 Å². The van der Waals surface area contributed by atoms with Crippen LogP contribution in [0.2, 0.25) is 0 Å². The minimum atomic E-state index is -0.204. The molecule has 1 aliphatic heterocycles. The lowest BCUT2D eigenvalue weighted by molar-refractivity contribution is -0.130. The molecule has 1 aromatic heterocycles. The van der Waals surface area contributed by atoms with Crippen LogP contribution in [0.3, 0.4) is 0 Å². The number of aromatic nitrogens is 2. The molecular formula is C20H24N4O2. The van der Waals surface area contributed by atoms with Crippen LogP contribution in [0.4, 0.5) is 5.69 Å². The highest BCUT2D eigenvalue weighted by Crippen LogP contribution is 2.21. The highest BCUT2D eigenvalue weighted by atomic mass is 16.2. The Bertz CT molecular complexity index is 840. The van der Waals surface area contributed by atoms with Crippen molar-refractivity contribution in [2.75, 3.05) is 18.4 Å². The number of amides is 2. The number of hydrogen-bond acceptors (Lipinski definition) is 3. The first kappa shape index (κ1) is 17.9. The van der Waals surface area contributed by atoms with E-state index < -0.39 is 0 Å². The van der Waals surface area contributed by atoms with Crippen molar-refractivity contribution in [3.8, 4) is 5.69 Å². The van der Waals surface area contributed by atoms with Crippen LogP contribution in [0.5, 0.6) is 0 Å². The number of nitrogens with zero attached hydrogens (tertiary/aromatic N) is 3. The lowest BCUT2D eigenvalue weighted by atomic mass is 9.97. The number of hydrogen-bond donors (Lipinski definition) is 1. The van der Waals surface area contributed by atoms with E-state index in [0.717, 1.165) is 35.6 Å². The molecule has 1 fully saturated rings. The summed E-state index contributed by atoms with van der Waals surface area (Å²) in [6, 6.07) is 9.64. The van der Waals surface area contributed by atoms with Crippen molar-refractivity contribution >= 4 is 17.5 Å². The number of benzene rings is 1. The Kier molecular flexibility index (Phi) is 5.21. The van der Waals surface area contributed by atoms with Crippen LogP contribution in [0.1, 0.15) is 24.2 Å². The monoisotopic (exact) mass is 352 g/mol. The second-order valence-corrected chi connectivity index (χ2v) is 6.71. The van der Waals surface area contributed by atoms with Gasteiger partial charge in [0.05, 0.1) is 17.3 Å². The van der Waals surface area contributed by atoms with Crippen molar-refractivity contribution < 1.29 is 9.59 Å². The molecule has 2 amide bonds. The van der Waals surface area contributed by atoms with Gasteiger partial charge in [-0.05, 0) is 57.0 Å². The van der Waals surface area contributed by atoms with Gasteiger partial charge in [-0.15, -0.1) is 0 Å². The van der Waals surface area contributed by atoms with Crippen LogP contribution in [0, 0.1) is 19.8 Å². The number of carbonyl (C=O) groups excluding carboxylic acids is 2. The molecule has 1 aliphatic rings. The maximum Gasteiger partial charge on any atom is 0.245 e. The summed E-state index contributed by atoms with van der Waals surface area (Å²) in [6.45, 7) is 8.59. The molecule has 0 aliphatic carbocycles. The molecule has 1 aromatic carbocycles. The Morgan fingerprint density at radius 3 is 2.81 bits per heavy atom. The Morgan fingerprint density at radius 2 is 2.12 bits per heavy atom. The number of anilines is 1. The Hall–Kier alpha value is -2.89. The van der Waals surface area contributed by atoms with Gasteiger partial charge < -0.3 is 10.2 Å². The Balaban J connectivity index is 1.72. The molecule has 6 nitrogen and oxygen atoms in total. The number of nitrogens with one attached hydrogen (secondary N) is 1. The second kappa shape index (κ2) is 7.56. The van der Waals surface area contributed by atoms with Gasteiger partial charge >= 0.3 is 0 Å². The molecule has 0 radical (unpaired) electrons. The van der Waals surface area contributed by atoms with Crippen molar-refractivity contribution in [2.45, 2.75) is 26.7 Å². The van der Waals surface area contributed by atoms with Gasteiger partial charge in [-0.2, -0.15) is 5.10 Å². The molecule has 2 heterocycles. The summed E-state index contributed by atoms with van der Waals surface area (Å²) in [6.07, 6.45) is 2.91. The number of aryl methyl sites for hydroxylation is 2. The van der Waals surface area contributed by atoms with E-state index in [1.54, 1.807) is 4.90 Å². The molecule has 26 heavy (non-hydrogen) atoms. The molecule has 1 N–H and O–H groups in total. The van der Waals surface area contributed by atoms with E-state index >= 15 is 0 Å². The molecular weight excluding hydrogens is 328 g/mol. The van der Waals surface area contributed by atoms with Crippen LogP contribution in [0.25, 0.3) is 5.69 Å². The molecule has 3 rings (SSSR count). The zero-order valence-corrected chi connectivity index (χ0v) is 15.2. The third-order valence-corrected chi connectivity index (χ3v) is 4.65. The largest absolute Gasteiger partial charge is 0.338 e. The molecule has 0 saturated carbocycles. The summed E-state index contributed by atoms with van der Waals surface area (Å²) in [7, 11) is 0. The van der Waals surface area contributed by atoms with Crippen LogP contribution >= 0.6 is 0 Å². The Morgan fingerprint density at radius 1 is 1.31 bits per heavy atom. The number of piperidine rings is 1. The van der Waals surface area contributed by atoms with Gasteiger partial charge in [0.1, 0.15) is 0 Å². The summed E-state index contributed by atoms with van der Waals surface area (Å²) in [5, 5.41) is 7.46. The van der Waals surface area contributed by atoms with Gasteiger partial charge in [-0.1, -0.05) is 12.6 Å². The molecule has 2 aromatic rings. The standard InChI is InChI=1S/C20H24N4O2/c1-4-19(25)23-10-6-7-16(13-23)20(26)21-17-8-5-9-18(12-17)24-15(3)11-14(2)22-24/h4-5,8-9,11-12,16H,1,6-7,10,13H2,2-3H3,(H,21,26). The maximum atomic E-state index is 12.6. The van der Waals surface area contributed by atoms with E-state index in [-0.39, 0.29) is 17.7 Å². The third kappa shape index (κ3) is 3.85. The van der Waals surface area contributed by atoms with E-state index in [1.807, 2.05) is 48.9 Å². The van der Waals surface area contributed by atoms with Crippen molar-refractivity contribution in [2.24, 2.45) is 5.92 Å². The molecule has 1 atom stereocenters. The molecule has 0 bridgehead atoms. The van der Waals surface area contributed by atoms with Gasteiger partial charge in [0, 0.05) is 24.5 Å². The summed E-state index contributed by atoms with van der Waals surface area (Å²) >= 11 is 0. The Labute approximate surface area is 153 Å². The fraction of sp³-hybridized carbons (Fsp3) is 0.350. The zero-order valence-electron chi connectivity index (χ0n) is 15.2. The maximum absolute atomic E-state index is 12.6. The average molecular weight is 352 g/mol. The average Bonchev–Trinajstić information content (AvgIpc) is 2.99. The van der Waals surface area contributed by atoms with Crippen LogP contribution in [-0.2, 0) is 9.59 Å². The fourth-order valence-electron chi connectivity index (χ4n) is 3.37. The van der Waals surface area contributed by atoms with Crippen molar-refractivity contribution in [1.29, 1.82) is 0 Å². The predicted molar refractivity (Wildman–Crippen MR) is 101 cm³/mol. The van der Waals surface area contributed by atoms with E-state index in [9.17, 15) is 9.59 Å². The molecule has 1 unspecified atom stereocenters. The predicted octanol–water partition coefficient (Wildman–Crippen LogP) is 2.85. The van der Waals surface area contributed by atoms with Gasteiger partial charge in [0.2, 0.25) is 11.8 Å². The third-order valence-electron chi connectivity index (χ3n) is 4.65. The summed E-state index contributed by atoms with van der Waals surface area (Å²) < 4.78 is 1.86. The van der Waals surface area contributed by atoms with E-state index in [1.165, 1.54) is 6.08 Å². The van der Waals surface area contributed by atoms with Crippen LogP contribution < -0.4 is 5.32 Å². The quantitative estimate of drug-likeness (QED) is 0.861. The minimum Gasteiger partial charge on any atom is -0.338 e. The zero-order chi connectivity index (χ0) is 18.7. The van der Waals surface area contributed by atoms with Crippen molar-refractivity contribution in [3.63, 3.8) is 0 Å². The first-order valence-corrected chi connectivity index (χ1v) is 8.84. The van der Waals surface area contributed by atoms with Crippen LogP contribution in [0.15, 0.2) is 43.0 Å². The topological polar surface area (TPSA) is 67.2 Å². The first-order valence-electron chi connectivity index (χ1n) is 8.84. The molecule has 0 spiro atoms. The smallest absolute Gasteiger partial charge is 0.245 e. The van der Waals surface area contributed by atoms with E-state index in [0.29, 0.717) is 13.1 Å². The summed E-state index contributed by atoms with van der Waals surface area (Å²) in [4.78, 5) is 26.1. The highest BCUT2D eigenvalue weighted by molar-refractivity contribution is 5.94. The molecule has 6 heteroatoms. The normalized spacial score (nSPS) is 17.0.